The molecule has 1 aromatic carbocycles. The van der Waals surface area contributed by atoms with Crippen molar-refractivity contribution in [3.63, 3.8) is 0 Å². The molecule has 116 valence electrons. The highest BCUT2D eigenvalue weighted by atomic mass is 16.3. The van der Waals surface area contributed by atoms with E-state index in [-0.39, 0.29) is 18.4 Å². The summed E-state index contributed by atoms with van der Waals surface area (Å²) in [5, 5.41) is 12.6. The molecule has 0 radical (unpaired) electrons. The molecule has 1 fully saturated rings. The van der Waals surface area contributed by atoms with E-state index in [1.165, 1.54) is 0 Å². The third kappa shape index (κ3) is 4.46. The van der Waals surface area contributed by atoms with Crippen molar-refractivity contribution >= 4 is 11.6 Å². The van der Waals surface area contributed by atoms with Crippen LogP contribution in [0.1, 0.15) is 37.0 Å². The van der Waals surface area contributed by atoms with E-state index in [4.69, 9.17) is 0 Å². The molecule has 0 aromatic heterocycles. The highest BCUT2D eigenvalue weighted by Gasteiger charge is 2.24. The van der Waals surface area contributed by atoms with E-state index >= 15 is 0 Å². The van der Waals surface area contributed by atoms with Crippen molar-refractivity contribution in [2.45, 2.75) is 26.7 Å². The number of benzene rings is 1. The number of piperidine rings is 1. The number of hydrogen-bond acceptors (Lipinski definition) is 3. The van der Waals surface area contributed by atoms with Crippen LogP contribution in [0.2, 0.25) is 0 Å². The number of carbonyl (C=O) groups excluding carboxylic acids is 1. The van der Waals surface area contributed by atoms with Crippen LogP contribution in [0.4, 0.5) is 5.69 Å². The molecule has 0 aliphatic carbocycles. The van der Waals surface area contributed by atoms with Crippen molar-refractivity contribution in [3.05, 3.63) is 29.8 Å². The van der Waals surface area contributed by atoms with Gasteiger partial charge < -0.3 is 15.3 Å². The zero-order chi connectivity index (χ0) is 15.2. The number of anilines is 1. The lowest BCUT2D eigenvalue weighted by Gasteiger charge is -2.32. The zero-order valence-corrected chi connectivity index (χ0v) is 13.0. The molecule has 0 saturated carbocycles. The lowest BCUT2D eigenvalue weighted by Crippen LogP contribution is -2.40. The molecule has 1 heterocycles. The molecule has 1 atom stereocenters. The molecule has 4 nitrogen and oxygen atoms in total. The summed E-state index contributed by atoms with van der Waals surface area (Å²) in [6.07, 6.45) is 1.98. The van der Waals surface area contributed by atoms with Gasteiger partial charge in [0.2, 0.25) is 0 Å². The monoisotopic (exact) mass is 290 g/mol. The Kier molecular flexibility index (Phi) is 5.62. The highest BCUT2D eigenvalue weighted by Crippen LogP contribution is 2.19. The van der Waals surface area contributed by atoms with E-state index < -0.39 is 0 Å². The normalized spacial score (nSPS) is 18.9. The maximum absolute atomic E-state index is 12.6. The van der Waals surface area contributed by atoms with Crippen molar-refractivity contribution in [2.24, 2.45) is 11.8 Å². The van der Waals surface area contributed by atoms with Gasteiger partial charge in [-0.15, -0.1) is 0 Å². The van der Waals surface area contributed by atoms with Gasteiger partial charge in [0.05, 0.1) is 0 Å². The Hall–Kier alpha value is -1.55. The Balaban J connectivity index is 2.03. The first-order valence-corrected chi connectivity index (χ1v) is 7.84. The largest absolute Gasteiger partial charge is 0.396 e. The smallest absolute Gasteiger partial charge is 0.253 e. The third-order valence-corrected chi connectivity index (χ3v) is 3.89. The predicted molar refractivity (Wildman–Crippen MR) is 85.5 cm³/mol. The van der Waals surface area contributed by atoms with Gasteiger partial charge in [-0.3, -0.25) is 4.79 Å². The van der Waals surface area contributed by atoms with Crippen LogP contribution in [0.5, 0.6) is 0 Å². The number of likely N-dealkylation sites (tertiary alicyclic amines) is 1. The minimum absolute atomic E-state index is 0.0707. The van der Waals surface area contributed by atoms with Crippen LogP contribution in [0.3, 0.4) is 0 Å². The number of nitrogens with zero attached hydrogens (tertiary/aromatic N) is 1. The predicted octanol–water partition coefficient (Wildman–Crippen LogP) is 2.60. The van der Waals surface area contributed by atoms with Gasteiger partial charge in [-0.2, -0.15) is 0 Å². The summed E-state index contributed by atoms with van der Waals surface area (Å²) >= 11 is 0. The number of aliphatic hydroxyl groups is 1. The number of aliphatic hydroxyl groups excluding tert-OH is 1. The third-order valence-electron chi connectivity index (χ3n) is 3.89. The summed E-state index contributed by atoms with van der Waals surface area (Å²) in [7, 11) is 0. The van der Waals surface area contributed by atoms with E-state index in [2.05, 4.69) is 19.2 Å². The SMILES string of the molecule is CC(C)CNc1cccc(C(=O)N2CCCC(CO)C2)c1. The number of amides is 1. The molecule has 1 unspecified atom stereocenters. The maximum Gasteiger partial charge on any atom is 0.253 e. The van der Waals surface area contributed by atoms with Gasteiger partial charge in [-0.05, 0) is 42.9 Å². The average Bonchev–Trinajstić information content (AvgIpc) is 2.52. The molecule has 1 saturated heterocycles. The van der Waals surface area contributed by atoms with Gasteiger partial charge in [-0.1, -0.05) is 19.9 Å². The number of nitrogens with one attached hydrogen (secondary N) is 1. The molecule has 1 amide bonds. The van der Waals surface area contributed by atoms with E-state index in [0.717, 1.165) is 37.2 Å². The lowest BCUT2D eigenvalue weighted by atomic mass is 9.98. The van der Waals surface area contributed by atoms with Crippen LogP contribution < -0.4 is 5.32 Å². The van der Waals surface area contributed by atoms with E-state index in [1.54, 1.807) is 0 Å². The zero-order valence-electron chi connectivity index (χ0n) is 13.0. The second kappa shape index (κ2) is 7.46. The second-order valence-corrected chi connectivity index (χ2v) is 6.30. The summed E-state index contributed by atoms with van der Waals surface area (Å²) in [5.74, 6) is 0.864. The van der Waals surface area contributed by atoms with Crippen molar-refractivity contribution in [1.29, 1.82) is 0 Å². The first kappa shape index (κ1) is 15.8. The second-order valence-electron chi connectivity index (χ2n) is 6.30. The fraction of sp³-hybridized carbons (Fsp3) is 0.588. The molecular formula is C17H26N2O2. The topological polar surface area (TPSA) is 52.6 Å². The van der Waals surface area contributed by atoms with Crippen LogP contribution in [-0.4, -0.2) is 42.2 Å². The molecule has 21 heavy (non-hydrogen) atoms. The van der Waals surface area contributed by atoms with E-state index in [0.29, 0.717) is 12.5 Å². The minimum atomic E-state index is 0.0707. The van der Waals surface area contributed by atoms with Crippen molar-refractivity contribution < 1.29 is 9.90 Å². The van der Waals surface area contributed by atoms with Crippen LogP contribution in [0.15, 0.2) is 24.3 Å². The molecule has 1 aliphatic rings. The fourth-order valence-corrected chi connectivity index (χ4v) is 2.67. The first-order valence-electron chi connectivity index (χ1n) is 7.84. The Morgan fingerprint density at radius 3 is 3.00 bits per heavy atom. The first-order chi connectivity index (χ1) is 10.1. The molecular weight excluding hydrogens is 264 g/mol. The summed E-state index contributed by atoms with van der Waals surface area (Å²) < 4.78 is 0. The molecule has 1 aromatic rings. The summed E-state index contributed by atoms with van der Waals surface area (Å²) in [6.45, 7) is 6.83. The molecule has 0 spiro atoms. The minimum Gasteiger partial charge on any atom is -0.396 e. The van der Waals surface area contributed by atoms with Gasteiger partial charge in [-0.25, -0.2) is 0 Å². The Bertz CT molecular complexity index is 474. The molecule has 0 bridgehead atoms. The van der Waals surface area contributed by atoms with Crippen LogP contribution in [0, 0.1) is 11.8 Å². The highest BCUT2D eigenvalue weighted by molar-refractivity contribution is 5.95. The Morgan fingerprint density at radius 1 is 1.48 bits per heavy atom. The Labute approximate surface area is 127 Å². The van der Waals surface area contributed by atoms with Crippen LogP contribution in [-0.2, 0) is 0 Å². The number of rotatable bonds is 5. The van der Waals surface area contributed by atoms with Gasteiger partial charge in [0, 0.05) is 37.5 Å². The summed E-state index contributed by atoms with van der Waals surface area (Å²) in [5.41, 5.74) is 1.72. The molecule has 2 rings (SSSR count). The van der Waals surface area contributed by atoms with E-state index in [1.807, 2.05) is 29.2 Å². The summed E-state index contributed by atoms with van der Waals surface area (Å²) in [6, 6.07) is 7.70. The fourth-order valence-electron chi connectivity index (χ4n) is 2.67. The van der Waals surface area contributed by atoms with Gasteiger partial charge >= 0.3 is 0 Å². The standard InChI is InChI=1S/C17H26N2O2/c1-13(2)10-18-16-7-3-6-15(9-16)17(21)19-8-4-5-14(11-19)12-20/h3,6-7,9,13-14,18,20H,4-5,8,10-12H2,1-2H3. The van der Waals surface area contributed by atoms with Gasteiger partial charge in [0.15, 0.2) is 0 Å². The quantitative estimate of drug-likeness (QED) is 0.876. The lowest BCUT2D eigenvalue weighted by molar-refractivity contribution is 0.0621. The Morgan fingerprint density at radius 2 is 2.29 bits per heavy atom. The number of hydrogen-bond donors (Lipinski definition) is 2. The molecule has 2 N–H and O–H groups in total. The van der Waals surface area contributed by atoms with Gasteiger partial charge in [0.25, 0.3) is 5.91 Å². The summed E-state index contributed by atoms with van der Waals surface area (Å²) in [4.78, 5) is 14.4. The van der Waals surface area contributed by atoms with Crippen LogP contribution in [0.25, 0.3) is 0 Å². The van der Waals surface area contributed by atoms with Crippen LogP contribution >= 0.6 is 0 Å². The van der Waals surface area contributed by atoms with Gasteiger partial charge in [0.1, 0.15) is 0 Å². The van der Waals surface area contributed by atoms with Crippen molar-refractivity contribution in [1.82, 2.24) is 4.90 Å². The molecule has 1 aliphatic heterocycles. The molecule has 4 heteroatoms. The van der Waals surface area contributed by atoms with Crippen molar-refractivity contribution in [2.75, 3.05) is 31.6 Å². The van der Waals surface area contributed by atoms with E-state index in [9.17, 15) is 9.90 Å². The average molecular weight is 290 g/mol. The number of carbonyl (C=O) groups is 1. The van der Waals surface area contributed by atoms with Crippen molar-refractivity contribution in [3.8, 4) is 0 Å². The maximum atomic E-state index is 12.6.